The summed E-state index contributed by atoms with van der Waals surface area (Å²) in [5.41, 5.74) is 3.31. The van der Waals surface area contributed by atoms with E-state index >= 15 is 0 Å². The van der Waals surface area contributed by atoms with Crippen LogP contribution in [0.4, 0.5) is 11.4 Å². The molecule has 2 aromatic heterocycles. The monoisotopic (exact) mass is 556 g/mol. The van der Waals surface area contributed by atoms with Crippen LogP contribution >= 0.6 is 11.6 Å². The molecule has 3 N–H and O–H groups in total. The Kier molecular flexibility index (Phi) is 6.75. The number of hydrogen-bond donors (Lipinski definition) is 3. The Labute approximate surface area is 234 Å². The van der Waals surface area contributed by atoms with E-state index in [2.05, 4.69) is 10.3 Å². The van der Waals surface area contributed by atoms with Gasteiger partial charge in [-0.3, -0.25) is 9.59 Å². The molecule has 1 atom stereocenters. The van der Waals surface area contributed by atoms with Crippen LogP contribution in [0.1, 0.15) is 32.3 Å². The summed E-state index contributed by atoms with van der Waals surface area (Å²) in [5, 5.41) is 24.0. The molecule has 2 amide bonds. The molecular weight excluding hydrogens is 532 g/mol. The number of imidazole rings is 1. The molecule has 0 saturated carbocycles. The van der Waals surface area contributed by atoms with Gasteiger partial charge in [0.1, 0.15) is 29.4 Å². The number of ether oxygens (including phenoxy) is 1. The van der Waals surface area contributed by atoms with Crippen molar-refractivity contribution in [3.63, 3.8) is 0 Å². The van der Waals surface area contributed by atoms with Crippen LogP contribution in [0.25, 0.3) is 16.4 Å². The van der Waals surface area contributed by atoms with Crippen molar-refractivity contribution in [1.29, 1.82) is 0 Å². The highest BCUT2D eigenvalue weighted by atomic mass is 35.5. The second-order valence-electron chi connectivity index (χ2n) is 9.50. The molecular formula is C30H25ClN4O5. The molecule has 5 aromatic rings. The van der Waals surface area contributed by atoms with Gasteiger partial charge >= 0.3 is 0 Å². The number of aliphatic hydroxyl groups excluding tert-OH is 1. The maximum absolute atomic E-state index is 13.7. The fraction of sp³-hybridized carbons (Fsp3) is 0.167. The van der Waals surface area contributed by atoms with Crippen LogP contribution in [0.2, 0.25) is 0 Å². The quantitative estimate of drug-likeness (QED) is 0.248. The zero-order chi connectivity index (χ0) is 27.8. The van der Waals surface area contributed by atoms with E-state index < -0.39 is 0 Å². The van der Waals surface area contributed by atoms with E-state index in [1.807, 2.05) is 24.3 Å². The van der Waals surface area contributed by atoms with Crippen molar-refractivity contribution in [2.24, 2.45) is 0 Å². The lowest BCUT2D eigenvalue weighted by molar-refractivity contribution is 0.0982. The SMILES string of the molecule is O=C(Nc1ccc2nc(C(=O)N3CC(CCl)c4c3cc(O)c3ccccc43)cn2c1)c1ccc(OCCO)cc1. The van der Waals surface area contributed by atoms with Crippen molar-refractivity contribution >= 4 is 51.2 Å². The fourth-order valence-corrected chi connectivity index (χ4v) is 5.37. The van der Waals surface area contributed by atoms with E-state index in [1.165, 1.54) is 0 Å². The molecule has 1 aliphatic rings. The second kappa shape index (κ2) is 10.5. The van der Waals surface area contributed by atoms with Crippen LogP contribution in [-0.4, -0.2) is 57.1 Å². The summed E-state index contributed by atoms with van der Waals surface area (Å²) in [4.78, 5) is 32.5. The molecule has 0 fully saturated rings. The van der Waals surface area contributed by atoms with E-state index in [9.17, 15) is 14.7 Å². The van der Waals surface area contributed by atoms with Crippen LogP contribution in [-0.2, 0) is 0 Å². The number of alkyl halides is 1. The van der Waals surface area contributed by atoms with E-state index in [0.717, 1.165) is 16.3 Å². The molecule has 202 valence electrons. The van der Waals surface area contributed by atoms with E-state index in [1.54, 1.807) is 64.2 Å². The Bertz CT molecular complexity index is 1750. The minimum absolute atomic E-state index is 0.0831. The molecule has 10 heteroatoms. The molecule has 0 aliphatic carbocycles. The van der Waals surface area contributed by atoms with Crippen LogP contribution in [0.3, 0.4) is 0 Å². The fourth-order valence-electron chi connectivity index (χ4n) is 5.12. The number of carbonyl (C=O) groups is 2. The zero-order valence-corrected chi connectivity index (χ0v) is 22.0. The number of fused-ring (bicyclic) bond motifs is 4. The Morgan fingerprint density at radius 1 is 1.05 bits per heavy atom. The molecule has 3 aromatic carbocycles. The smallest absolute Gasteiger partial charge is 0.278 e. The number of phenolic OH excluding ortho intramolecular Hbond substituents is 1. The highest BCUT2D eigenvalue weighted by Crippen LogP contribution is 2.45. The molecule has 0 spiro atoms. The number of benzene rings is 3. The highest BCUT2D eigenvalue weighted by Gasteiger charge is 2.35. The number of hydrogen-bond acceptors (Lipinski definition) is 6. The molecule has 0 bridgehead atoms. The summed E-state index contributed by atoms with van der Waals surface area (Å²) in [6, 6.07) is 19.2. The number of anilines is 2. The third kappa shape index (κ3) is 4.59. The minimum Gasteiger partial charge on any atom is -0.507 e. The number of aliphatic hydroxyl groups is 1. The lowest BCUT2D eigenvalue weighted by atomic mass is 9.95. The van der Waals surface area contributed by atoms with Crippen molar-refractivity contribution in [2.45, 2.75) is 5.92 Å². The van der Waals surface area contributed by atoms with Gasteiger partial charge in [-0.1, -0.05) is 24.3 Å². The van der Waals surface area contributed by atoms with Gasteiger partial charge in [-0.15, -0.1) is 11.6 Å². The van der Waals surface area contributed by atoms with Crippen LogP contribution in [0.15, 0.2) is 79.1 Å². The first-order valence-corrected chi connectivity index (χ1v) is 13.3. The van der Waals surface area contributed by atoms with Crippen LogP contribution < -0.4 is 15.0 Å². The van der Waals surface area contributed by atoms with Crippen LogP contribution in [0.5, 0.6) is 11.5 Å². The number of aromatic hydroxyl groups is 1. The molecule has 0 radical (unpaired) electrons. The lowest BCUT2D eigenvalue weighted by Gasteiger charge is -2.17. The Hall–Kier alpha value is -4.60. The first-order chi connectivity index (χ1) is 19.5. The zero-order valence-electron chi connectivity index (χ0n) is 21.3. The number of phenols is 1. The maximum Gasteiger partial charge on any atom is 0.278 e. The van der Waals surface area contributed by atoms with Crippen molar-refractivity contribution in [3.8, 4) is 11.5 Å². The molecule has 0 saturated heterocycles. The van der Waals surface area contributed by atoms with Gasteiger partial charge in [-0.2, -0.15) is 0 Å². The Morgan fingerprint density at radius 2 is 1.82 bits per heavy atom. The van der Waals surface area contributed by atoms with E-state index in [0.29, 0.717) is 40.8 Å². The van der Waals surface area contributed by atoms with Crippen molar-refractivity contribution in [1.82, 2.24) is 9.38 Å². The maximum atomic E-state index is 13.7. The summed E-state index contributed by atoms with van der Waals surface area (Å²) < 4.78 is 7.01. The predicted molar refractivity (Wildman–Crippen MR) is 153 cm³/mol. The summed E-state index contributed by atoms with van der Waals surface area (Å²) in [7, 11) is 0. The summed E-state index contributed by atoms with van der Waals surface area (Å²) >= 11 is 6.32. The predicted octanol–water partition coefficient (Wildman–Crippen LogP) is 4.80. The first kappa shape index (κ1) is 25.7. The largest absolute Gasteiger partial charge is 0.507 e. The topological polar surface area (TPSA) is 116 Å². The van der Waals surface area contributed by atoms with E-state index in [-0.39, 0.29) is 42.4 Å². The van der Waals surface area contributed by atoms with Gasteiger partial charge < -0.3 is 29.6 Å². The van der Waals surface area contributed by atoms with E-state index in [4.69, 9.17) is 21.4 Å². The molecule has 40 heavy (non-hydrogen) atoms. The van der Waals surface area contributed by atoms with Gasteiger partial charge in [0.15, 0.2) is 0 Å². The Morgan fingerprint density at radius 3 is 2.58 bits per heavy atom. The van der Waals surface area contributed by atoms with Crippen LogP contribution in [0, 0.1) is 0 Å². The average Bonchev–Trinajstić information content (AvgIpc) is 3.57. The molecule has 3 heterocycles. The molecule has 1 aliphatic heterocycles. The average molecular weight is 557 g/mol. The third-order valence-corrected chi connectivity index (χ3v) is 7.35. The van der Waals surface area contributed by atoms with Gasteiger partial charge in [0.2, 0.25) is 0 Å². The lowest BCUT2D eigenvalue weighted by Crippen LogP contribution is -2.30. The number of pyridine rings is 1. The van der Waals surface area contributed by atoms with Gasteiger partial charge in [0, 0.05) is 47.8 Å². The summed E-state index contributed by atoms with van der Waals surface area (Å²) in [5.74, 6) is 0.297. The van der Waals surface area contributed by atoms with Crippen molar-refractivity contribution in [2.75, 3.05) is 35.9 Å². The minimum atomic E-state index is -0.308. The Balaban J connectivity index is 1.24. The van der Waals surface area contributed by atoms with Gasteiger partial charge in [0.05, 0.1) is 18.0 Å². The van der Waals surface area contributed by atoms with Crippen molar-refractivity contribution in [3.05, 3.63) is 95.9 Å². The highest BCUT2D eigenvalue weighted by molar-refractivity contribution is 6.19. The number of aromatic nitrogens is 2. The number of amides is 2. The number of nitrogens with zero attached hydrogens (tertiary/aromatic N) is 3. The molecule has 6 rings (SSSR count). The third-order valence-electron chi connectivity index (χ3n) is 6.98. The molecule has 1 unspecified atom stereocenters. The first-order valence-electron chi connectivity index (χ1n) is 12.7. The summed E-state index contributed by atoms with van der Waals surface area (Å²) in [6.07, 6.45) is 3.31. The second-order valence-corrected chi connectivity index (χ2v) is 9.81. The number of nitrogens with one attached hydrogen (secondary N) is 1. The number of halogens is 1. The standard InChI is InChI=1S/C30H25ClN4O5/c31-14-19-15-35(25-13-26(37)22-3-1-2-4-23(22)28(19)25)30(39)24-17-34-16-20(7-10-27(34)33-24)32-29(38)18-5-8-21(9-6-18)40-12-11-36/h1-10,13,16-17,19,36-37H,11-12,14-15H2,(H,32,38). The molecule has 9 nitrogen and oxygen atoms in total. The number of carbonyl (C=O) groups excluding carboxylic acids is 2. The van der Waals surface area contributed by atoms with Gasteiger partial charge in [-0.05, 0) is 47.3 Å². The normalized spacial score (nSPS) is 14.4. The van der Waals surface area contributed by atoms with Gasteiger partial charge in [0.25, 0.3) is 11.8 Å². The van der Waals surface area contributed by atoms with Crippen molar-refractivity contribution < 1.29 is 24.5 Å². The number of rotatable bonds is 7. The summed E-state index contributed by atoms with van der Waals surface area (Å²) in [6.45, 7) is 0.467. The van der Waals surface area contributed by atoms with Gasteiger partial charge in [-0.25, -0.2) is 4.98 Å².